The van der Waals surface area contributed by atoms with Crippen molar-refractivity contribution in [2.45, 2.75) is 32.7 Å². The quantitative estimate of drug-likeness (QED) is 0.911. The Morgan fingerprint density at radius 1 is 1.33 bits per heavy atom. The molecule has 1 fully saturated rings. The Morgan fingerprint density at radius 3 is 2.62 bits per heavy atom. The van der Waals surface area contributed by atoms with Crippen molar-refractivity contribution in [3.63, 3.8) is 0 Å². The molecule has 1 aliphatic rings. The first-order chi connectivity index (χ1) is 9.69. The Labute approximate surface area is 125 Å². The number of nitrogens with one attached hydrogen (secondary N) is 1. The summed E-state index contributed by atoms with van der Waals surface area (Å²) in [6, 6.07) is 5.63. The maximum atomic E-state index is 11.9. The van der Waals surface area contributed by atoms with E-state index in [4.69, 9.17) is 4.74 Å². The van der Waals surface area contributed by atoms with Gasteiger partial charge in [0, 0.05) is 0 Å². The summed E-state index contributed by atoms with van der Waals surface area (Å²) in [7, 11) is -3.03. The molecule has 0 aromatic heterocycles. The van der Waals surface area contributed by atoms with Crippen LogP contribution in [0.1, 0.15) is 24.5 Å². The highest BCUT2D eigenvalue weighted by molar-refractivity contribution is 7.91. The van der Waals surface area contributed by atoms with Crippen LogP contribution in [0.25, 0.3) is 0 Å². The lowest BCUT2D eigenvalue weighted by Gasteiger charge is -2.23. The highest BCUT2D eigenvalue weighted by Gasteiger charge is 2.39. The van der Waals surface area contributed by atoms with Gasteiger partial charge >= 0.3 is 0 Å². The lowest BCUT2D eigenvalue weighted by atomic mass is 10.0. The van der Waals surface area contributed by atoms with Crippen molar-refractivity contribution in [3.8, 4) is 5.75 Å². The average Bonchev–Trinajstić information content (AvgIpc) is 2.65. The Balaban J connectivity index is 1.89. The van der Waals surface area contributed by atoms with Crippen LogP contribution in [0.3, 0.4) is 0 Å². The van der Waals surface area contributed by atoms with Crippen molar-refractivity contribution in [1.29, 1.82) is 0 Å². The topological polar surface area (TPSA) is 72.5 Å². The fourth-order valence-electron chi connectivity index (χ4n) is 2.43. The molecule has 1 amide bonds. The number of carbonyl (C=O) groups excluding carboxylic acids is 1. The maximum Gasteiger partial charge on any atom is 0.258 e. The molecule has 2 rings (SSSR count). The predicted octanol–water partition coefficient (Wildman–Crippen LogP) is 1.38. The largest absolute Gasteiger partial charge is 0.484 e. The molecule has 21 heavy (non-hydrogen) atoms. The molecule has 1 aromatic rings. The van der Waals surface area contributed by atoms with Crippen LogP contribution >= 0.6 is 0 Å². The van der Waals surface area contributed by atoms with Crippen molar-refractivity contribution < 1.29 is 17.9 Å². The number of hydrogen-bond acceptors (Lipinski definition) is 4. The van der Waals surface area contributed by atoms with Crippen LogP contribution in [0, 0.1) is 13.8 Å². The van der Waals surface area contributed by atoms with Crippen LogP contribution in [0.4, 0.5) is 0 Å². The normalized spacial score (nSPS) is 23.8. The lowest BCUT2D eigenvalue weighted by molar-refractivity contribution is -0.124. The van der Waals surface area contributed by atoms with E-state index in [9.17, 15) is 13.2 Å². The Bertz CT molecular complexity index is 654. The number of hydrogen-bond donors (Lipinski definition) is 1. The van der Waals surface area contributed by atoms with Gasteiger partial charge in [0.2, 0.25) is 0 Å². The minimum absolute atomic E-state index is 0.00458. The van der Waals surface area contributed by atoms with Gasteiger partial charge in [-0.1, -0.05) is 6.07 Å². The summed E-state index contributed by atoms with van der Waals surface area (Å²) in [5.74, 6) is 0.460. The molecule has 0 unspecified atom stereocenters. The molecule has 6 heteroatoms. The van der Waals surface area contributed by atoms with E-state index in [1.54, 1.807) is 6.92 Å². The van der Waals surface area contributed by atoms with Crippen LogP contribution in [-0.4, -0.2) is 38.0 Å². The summed E-state index contributed by atoms with van der Waals surface area (Å²) in [4.78, 5) is 11.9. The van der Waals surface area contributed by atoms with E-state index in [1.807, 2.05) is 32.0 Å². The predicted molar refractivity (Wildman–Crippen MR) is 81.2 cm³/mol. The summed E-state index contributed by atoms with van der Waals surface area (Å²) in [5, 5.41) is 2.76. The van der Waals surface area contributed by atoms with E-state index in [2.05, 4.69) is 5.32 Å². The fraction of sp³-hybridized carbons (Fsp3) is 0.533. The Hall–Kier alpha value is -1.56. The molecule has 1 atom stereocenters. The summed E-state index contributed by atoms with van der Waals surface area (Å²) < 4.78 is 28.4. The van der Waals surface area contributed by atoms with Crippen molar-refractivity contribution in [3.05, 3.63) is 29.3 Å². The first kappa shape index (κ1) is 15.8. The molecule has 1 aliphatic heterocycles. The van der Waals surface area contributed by atoms with E-state index < -0.39 is 15.4 Å². The number of carbonyl (C=O) groups is 1. The monoisotopic (exact) mass is 311 g/mol. The van der Waals surface area contributed by atoms with Crippen LogP contribution in [0.15, 0.2) is 18.2 Å². The summed E-state index contributed by atoms with van der Waals surface area (Å²) in [6.45, 7) is 5.63. The smallest absolute Gasteiger partial charge is 0.258 e. The molecule has 116 valence electrons. The van der Waals surface area contributed by atoms with E-state index in [0.29, 0.717) is 12.2 Å². The Morgan fingerprint density at radius 2 is 2.05 bits per heavy atom. The second kappa shape index (κ2) is 5.67. The fourth-order valence-corrected chi connectivity index (χ4v) is 4.53. The molecule has 0 spiro atoms. The van der Waals surface area contributed by atoms with Gasteiger partial charge in [0.1, 0.15) is 5.75 Å². The van der Waals surface area contributed by atoms with Crippen LogP contribution < -0.4 is 10.1 Å². The number of rotatable bonds is 4. The van der Waals surface area contributed by atoms with E-state index >= 15 is 0 Å². The molecule has 0 aliphatic carbocycles. The highest BCUT2D eigenvalue weighted by atomic mass is 32.2. The second-order valence-corrected chi connectivity index (χ2v) is 8.17. The van der Waals surface area contributed by atoms with E-state index in [1.165, 1.54) is 0 Å². The number of amides is 1. The third-order valence-electron chi connectivity index (χ3n) is 3.79. The first-order valence-corrected chi connectivity index (χ1v) is 8.73. The standard InChI is InChI=1S/C15H21NO4S/c1-11-4-5-13(8-12(11)2)20-9-14(17)16-15(3)6-7-21(18,19)10-15/h4-5,8H,6-7,9-10H2,1-3H3,(H,16,17)/t15-/m0/s1. The van der Waals surface area contributed by atoms with Crippen LogP contribution in [0.2, 0.25) is 0 Å². The zero-order valence-corrected chi connectivity index (χ0v) is 13.4. The van der Waals surface area contributed by atoms with Crippen molar-refractivity contribution in [1.82, 2.24) is 5.32 Å². The molecule has 0 radical (unpaired) electrons. The van der Waals surface area contributed by atoms with Gasteiger partial charge in [0.15, 0.2) is 16.4 Å². The third kappa shape index (κ3) is 4.20. The zero-order chi connectivity index (χ0) is 15.7. The first-order valence-electron chi connectivity index (χ1n) is 6.91. The number of ether oxygens (including phenoxy) is 1. The van der Waals surface area contributed by atoms with Crippen LogP contribution in [0.5, 0.6) is 5.75 Å². The molecule has 0 saturated carbocycles. The van der Waals surface area contributed by atoms with Crippen molar-refractivity contribution in [2.24, 2.45) is 0 Å². The number of aryl methyl sites for hydroxylation is 2. The van der Waals surface area contributed by atoms with E-state index in [-0.39, 0.29) is 24.0 Å². The number of benzene rings is 1. The summed E-state index contributed by atoms with van der Waals surface area (Å²) >= 11 is 0. The van der Waals surface area contributed by atoms with Gasteiger partial charge in [-0.2, -0.15) is 0 Å². The van der Waals surface area contributed by atoms with Gasteiger partial charge in [0.25, 0.3) is 5.91 Å². The summed E-state index contributed by atoms with van der Waals surface area (Å²) in [6.07, 6.45) is 0.449. The van der Waals surface area contributed by atoms with Gasteiger partial charge in [-0.3, -0.25) is 4.79 Å². The van der Waals surface area contributed by atoms with Gasteiger partial charge < -0.3 is 10.1 Å². The molecule has 1 N–H and O–H groups in total. The molecule has 1 aromatic carbocycles. The molecule has 1 heterocycles. The maximum absolute atomic E-state index is 11.9. The molecule has 0 bridgehead atoms. The SMILES string of the molecule is Cc1ccc(OCC(=O)N[C@@]2(C)CCS(=O)(=O)C2)cc1C. The minimum atomic E-state index is -3.03. The average molecular weight is 311 g/mol. The lowest BCUT2D eigenvalue weighted by Crippen LogP contribution is -2.48. The molecule has 1 saturated heterocycles. The van der Waals surface area contributed by atoms with E-state index in [0.717, 1.165) is 11.1 Å². The van der Waals surface area contributed by atoms with Gasteiger partial charge in [-0.25, -0.2) is 8.42 Å². The number of sulfone groups is 1. The molecular formula is C15H21NO4S. The van der Waals surface area contributed by atoms with Crippen molar-refractivity contribution in [2.75, 3.05) is 18.1 Å². The van der Waals surface area contributed by atoms with Crippen molar-refractivity contribution >= 4 is 15.7 Å². The molecule has 5 nitrogen and oxygen atoms in total. The van der Waals surface area contributed by atoms with Gasteiger partial charge in [0.05, 0.1) is 17.0 Å². The van der Waals surface area contributed by atoms with Crippen LogP contribution in [-0.2, 0) is 14.6 Å². The highest BCUT2D eigenvalue weighted by Crippen LogP contribution is 2.22. The minimum Gasteiger partial charge on any atom is -0.484 e. The Kier molecular flexibility index (Phi) is 4.27. The second-order valence-electron chi connectivity index (χ2n) is 5.99. The zero-order valence-electron chi connectivity index (χ0n) is 12.6. The van der Waals surface area contributed by atoms with Gasteiger partial charge in [-0.05, 0) is 50.5 Å². The third-order valence-corrected chi connectivity index (χ3v) is 5.70. The van der Waals surface area contributed by atoms with Gasteiger partial charge in [-0.15, -0.1) is 0 Å². The molecular weight excluding hydrogens is 290 g/mol. The summed E-state index contributed by atoms with van der Waals surface area (Å²) in [5.41, 5.74) is 1.58.